The number of aliphatic imine (C=N–C) groups is 1. The van der Waals surface area contributed by atoms with Crippen molar-refractivity contribution in [2.45, 2.75) is 67.0 Å². The minimum absolute atomic E-state index is 0.00950. The zero-order valence-electron chi connectivity index (χ0n) is 21.7. The molecule has 1 aliphatic rings. The standard InChI is InChI=1S/C20H32ClN5O.2C2H6.CH2O/c1-4-17(18(21)13-23-15(2)25-14-22-3)19-6-5-7-20(26-19)24-12-16-8-10-27-11-9-16;3*1-2/h5-7,13,15-16,22,25H,4,8-12,14H2,1-3H3,(H,24,26);2*1-2H3;1H2/b18-17-,23-13-;;;. The Balaban J connectivity index is 0. The maximum Gasteiger partial charge on any atom is 0.126 e. The van der Waals surface area contributed by atoms with Crippen molar-refractivity contribution in [2.75, 3.05) is 38.8 Å². The number of ether oxygens (including phenoxy) is 1. The molecule has 33 heavy (non-hydrogen) atoms. The van der Waals surface area contributed by atoms with E-state index in [0.717, 1.165) is 56.1 Å². The summed E-state index contributed by atoms with van der Waals surface area (Å²) < 4.78 is 5.42. The summed E-state index contributed by atoms with van der Waals surface area (Å²) in [4.78, 5) is 17.2. The third kappa shape index (κ3) is 14.9. The molecule has 1 aromatic heterocycles. The van der Waals surface area contributed by atoms with E-state index < -0.39 is 0 Å². The second kappa shape index (κ2) is 23.4. The van der Waals surface area contributed by atoms with Gasteiger partial charge >= 0.3 is 0 Å². The first kappa shape index (κ1) is 33.4. The van der Waals surface area contributed by atoms with E-state index in [-0.39, 0.29) is 6.17 Å². The summed E-state index contributed by atoms with van der Waals surface area (Å²) in [5.41, 5.74) is 1.89. The van der Waals surface area contributed by atoms with Gasteiger partial charge in [-0.15, -0.1) is 0 Å². The van der Waals surface area contributed by atoms with Gasteiger partial charge in [0.25, 0.3) is 0 Å². The first-order chi connectivity index (χ1) is 16.1. The zero-order chi connectivity index (χ0) is 25.5. The third-order valence-electron chi connectivity index (χ3n) is 4.60. The van der Waals surface area contributed by atoms with Gasteiger partial charge in [0.15, 0.2) is 0 Å². The highest BCUT2D eigenvalue weighted by Crippen LogP contribution is 2.24. The summed E-state index contributed by atoms with van der Waals surface area (Å²) >= 11 is 6.52. The van der Waals surface area contributed by atoms with Crippen LogP contribution in [-0.4, -0.2) is 57.6 Å². The number of carbonyl (C=O) groups excluding carboxylic acids is 1. The number of rotatable bonds is 10. The normalized spacial score (nSPS) is 15.0. The molecule has 1 saturated heterocycles. The molecule has 1 unspecified atom stereocenters. The van der Waals surface area contributed by atoms with E-state index in [4.69, 9.17) is 26.1 Å². The summed E-state index contributed by atoms with van der Waals surface area (Å²) in [5.74, 6) is 1.53. The number of nitrogens with zero attached hydrogens (tertiary/aromatic N) is 2. The molecule has 3 N–H and O–H groups in total. The Bertz CT molecular complexity index is 649. The van der Waals surface area contributed by atoms with Crippen molar-refractivity contribution in [2.24, 2.45) is 10.9 Å². The SMILES string of the molecule is C=O.CC.CC.CC/C(=C(Cl)\C=N/C(C)NCNC)c1cccc(NCC2CCOCC2)n1. The van der Waals surface area contributed by atoms with Crippen LogP contribution < -0.4 is 16.0 Å². The zero-order valence-corrected chi connectivity index (χ0v) is 22.5. The average Bonchev–Trinajstić information content (AvgIpc) is 2.90. The van der Waals surface area contributed by atoms with Crippen LogP contribution in [-0.2, 0) is 9.53 Å². The Morgan fingerprint density at radius 1 is 1.27 bits per heavy atom. The molecule has 0 amide bonds. The van der Waals surface area contributed by atoms with Crippen LogP contribution in [0.2, 0.25) is 0 Å². The second-order valence-corrected chi connectivity index (χ2v) is 7.12. The van der Waals surface area contributed by atoms with Crippen molar-refractivity contribution >= 4 is 36.0 Å². The smallest absolute Gasteiger partial charge is 0.126 e. The Hall–Kier alpha value is -1.80. The van der Waals surface area contributed by atoms with E-state index in [1.165, 1.54) is 0 Å². The van der Waals surface area contributed by atoms with E-state index in [9.17, 15) is 0 Å². The monoisotopic (exact) mass is 483 g/mol. The van der Waals surface area contributed by atoms with Crippen molar-refractivity contribution in [3.63, 3.8) is 0 Å². The fourth-order valence-electron chi connectivity index (χ4n) is 2.93. The van der Waals surface area contributed by atoms with Gasteiger partial charge in [0.05, 0.1) is 16.9 Å². The summed E-state index contributed by atoms with van der Waals surface area (Å²) in [6, 6.07) is 6.02. The second-order valence-electron chi connectivity index (χ2n) is 6.71. The lowest BCUT2D eigenvalue weighted by Gasteiger charge is -2.22. The van der Waals surface area contributed by atoms with Crippen molar-refractivity contribution in [3.05, 3.63) is 28.9 Å². The average molecular weight is 484 g/mol. The summed E-state index contributed by atoms with van der Waals surface area (Å²) in [6.07, 6.45) is 4.71. The highest BCUT2D eigenvalue weighted by molar-refractivity contribution is 6.42. The molecule has 0 saturated carbocycles. The summed E-state index contributed by atoms with van der Waals surface area (Å²) in [5, 5.41) is 10.3. The number of aromatic nitrogens is 1. The van der Waals surface area contributed by atoms with Gasteiger partial charge in [0.1, 0.15) is 12.6 Å². The lowest BCUT2D eigenvalue weighted by Crippen LogP contribution is -2.32. The Labute approximate surface area is 206 Å². The van der Waals surface area contributed by atoms with Gasteiger partial charge in [-0.3, -0.25) is 10.3 Å². The predicted molar refractivity (Wildman–Crippen MR) is 144 cm³/mol. The van der Waals surface area contributed by atoms with Crippen LogP contribution in [0.1, 0.15) is 66.5 Å². The maximum atomic E-state index is 8.00. The van der Waals surface area contributed by atoms with Gasteiger partial charge in [0, 0.05) is 32.6 Å². The van der Waals surface area contributed by atoms with Gasteiger partial charge in [0.2, 0.25) is 0 Å². The molecule has 1 aromatic rings. The number of hydrogen-bond donors (Lipinski definition) is 3. The van der Waals surface area contributed by atoms with Gasteiger partial charge in [-0.25, -0.2) is 4.98 Å². The lowest BCUT2D eigenvalue weighted by atomic mass is 10.0. The molecule has 0 aliphatic carbocycles. The van der Waals surface area contributed by atoms with E-state index in [1.54, 1.807) is 6.21 Å². The first-order valence-electron chi connectivity index (χ1n) is 12.0. The quantitative estimate of drug-likeness (QED) is 0.308. The van der Waals surface area contributed by atoms with E-state index in [2.05, 4.69) is 27.9 Å². The minimum Gasteiger partial charge on any atom is -0.381 e. The van der Waals surface area contributed by atoms with Crippen LogP contribution in [0.25, 0.3) is 5.57 Å². The molecule has 1 atom stereocenters. The van der Waals surface area contributed by atoms with E-state index >= 15 is 0 Å². The number of anilines is 1. The number of hydrogen-bond acceptors (Lipinski definition) is 7. The lowest BCUT2D eigenvalue weighted by molar-refractivity contribution is -0.0979. The van der Waals surface area contributed by atoms with E-state index in [1.807, 2.05) is 66.7 Å². The van der Waals surface area contributed by atoms with Crippen molar-refractivity contribution < 1.29 is 9.53 Å². The van der Waals surface area contributed by atoms with Crippen LogP contribution in [0.5, 0.6) is 0 Å². The van der Waals surface area contributed by atoms with E-state index in [0.29, 0.717) is 17.6 Å². The highest BCUT2D eigenvalue weighted by Gasteiger charge is 2.14. The number of halogens is 1. The third-order valence-corrected chi connectivity index (χ3v) is 4.92. The molecule has 2 heterocycles. The fourth-order valence-corrected chi connectivity index (χ4v) is 3.22. The minimum atomic E-state index is -0.00950. The molecule has 1 aliphatic heterocycles. The van der Waals surface area contributed by atoms with Crippen LogP contribution in [0.4, 0.5) is 5.82 Å². The van der Waals surface area contributed by atoms with Gasteiger partial charge < -0.3 is 20.2 Å². The summed E-state index contributed by atoms with van der Waals surface area (Å²) in [7, 11) is 1.89. The number of carbonyl (C=O) groups is 1. The Morgan fingerprint density at radius 2 is 1.91 bits per heavy atom. The summed E-state index contributed by atoms with van der Waals surface area (Å²) in [6.45, 7) is 17.4. The maximum absolute atomic E-state index is 8.00. The molecule has 1 fully saturated rings. The van der Waals surface area contributed by atoms with Gasteiger partial charge in [-0.1, -0.05) is 52.3 Å². The Morgan fingerprint density at radius 3 is 2.48 bits per heavy atom. The largest absolute Gasteiger partial charge is 0.381 e. The topological polar surface area (TPSA) is 87.6 Å². The molecule has 0 radical (unpaired) electrons. The number of nitrogens with one attached hydrogen (secondary N) is 3. The molecule has 2 rings (SSSR count). The highest BCUT2D eigenvalue weighted by atomic mass is 35.5. The van der Waals surface area contributed by atoms with Crippen molar-refractivity contribution in [1.29, 1.82) is 0 Å². The molecule has 190 valence electrons. The van der Waals surface area contributed by atoms with Crippen LogP contribution in [0, 0.1) is 5.92 Å². The molecular weight excluding hydrogens is 438 g/mol. The van der Waals surface area contributed by atoms with Crippen molar-refractivity contribution in [1.82, 2.24) is 15.6 Å². The van der Waals surface area contributed by atoms with Gasteiger partial charge in [-0.2, -0.15) is 0 Å². The molecule has 0 spiro atoms. The van der Waals surface area contributed by atoms with Crippen LogP contribution >= 0.6 is 11.6 Å². The Kier molecular flexibility index (Phi) is 23.6. The molecule has 0 aromatic carbocycles. The van der Waals surface area contributed by atoms with Crippen LogP contribution in [0.3, 0.4) is 0 Å². The van der Waals surface area contributed by atoms with Crippen molar-refractivity contribution in [3.8, 4) is 0 Å². The number of pyridine rings is 1. The molecule has 7 nitrogen and oxygen atoms in total. The first-order valence-corrected chi connectivity index (χ1v) is 12.4. The number of allylic oxidation sites excluding steroid dienone is 2. The van der Waals surface area contributed by atoms with Crippen LogP contribution in [0.15, 0.2) is 28.2 Å². The molecule has 8 heteroatoms. The molecule has 0 bridgehead atoms. The molecular formula is C25H46ClN5O2. The fraction of sp³-hybridized carbons (Fsp3) is 0.640. The predicted octanol–water partition coefficient (Wildman–Crippen LogP) is 5.33. The van der Waals surface area contributed by atoms with Gasteiger partial charge in [-0.05, 0) is 56.9 Å².